The van der Waals surface area contributed by atoms with Gasteiger partial charge in [-0.3, -0.25) is 4.79 Å². The van der Waals surface area contributed by atoms with Gasteiger partial charge in [-0.1, -0.05) is 12.1 Å². The first kappa shape index (κ1) is 23.1. The van der Waals surface area contributed by atoms with Gasteiger partial charge in [0.25, 0.3) is 0 Å². The molecule has 1 aliphatic heterocycles. The van der Waals surface area contributed by atoms with Crippen LogP contribution >= 0.6 is 0 Å². The number of nitrogens with one attached hydrogen (secondary N) is 1. The Labute approximate surface area is 203 Å². The summed E-state index contributed by atoms with van der Waals surface area (Å²) in [6.07, 6.45) is 0.516. The summed E-state index contributed by atoms with van der Waals surface area (Å²) >= 11 is 0. The van der Waals surface area contributed by atoms with Crippen LogP contribution in [0.15, 0.2) is 54.9 Å². The standard InChI is InChI=1S/C24H20F2N6O4/c1-13(18-8-15(25)10-28-23(18)26)36-21-7-6-20-27-11-19(32(20)30-21)14-2-4-17(5-3-14)31-12-16(9-22(31)33)29-24(34)35/h2-8,10-11,13,16,29H,9,12H2,1H3,(H,34,35)/t13?,16-/m0/s1. The van der Waals surface area contributed by atoms with Gasteiger partial charge in [0.2, 0.25) is 17.7 Å². The Kier molecular flexibility index (Phi) is 5.92. The minimum atomic E-state index is -1.17. The Morgan fingerprint density at radius 3 is 2.69 bits per heavy atom. The number of rotatable bonds is 6. The first-order valence-electron chi connectivity index (χ1n) is 11.0. The van der Waals surface area contributed by atoms with Crippen LogP contribution < -0.4 is 15.0 Å². The average Bonchev–Trinajstić information content (AvgIpc) is 3.43. The van der Waals surface area contributed by atoms with Gasteiger partial charge in [-0.25, -0.2) is 23.7 Å². The van der Waals surface area contributed by atoms with Crippen LogP contribution in [0.4, 0.5) is 19.3 Å². The second-order valence-corrected chi connectivity index (χ2v) is 8.28. The van der Waals surface area contributed by atoms with Crippen molar-refractivity contribution in [2.45, 2.75) is 25.5 Å². The van der Waals surface area contributed by atoms with Crippen LogP contribution in [-0.2, 0) is 4.79 Å². The highest BCUT2D eigenvalue weighted by molar-refractivity contribution is 5.96. The lowest BCUT2D eigenvalue weighted by molar-refractivity contribution is -0.117. The third kappa shape index (κ3) is 4.52. The average molecular weight is 494 g/mol. The van der Waals surface area contributed by atoms with E-state index in [0.717, 1.165) is 17.8 Å². The van der Waals surface area contributed by atoms with Gasteiger partial charge in [0.1, 0.15) is 11.9 Å². The summed E-state index contributed by atoms with van der Waals surface area (Å²) in [5.41, 5.74) is 2.56. The molecule has 4 aromatic rings. The maximum atomic E-state index is 14.0. The van der Waals surface area contributed by atoms with E-state index >= 15 is 0 Å². The van der Waals surface area contributed by atoms with Crippen molar-refractivity contribution < 1.29 is 28.2 Å². The predicted octanol–water partition coefficient (Wildman–Crippen LogP) is 3.58. The quantitative estimate of drug-likeness (QED) is 0.393. The van der Waals surface area contributed by atoms with Crippen LogP contribution in [0.3, 0.4) is 0 Å². The van der Waals surface area contributed by atoms with Crippen LogP contribution in [0.25, 0.3) is 16.9 Å². The van der Waals surface area contributed by atoms with Crippen molar-refractivity contribution in [1.82, 2.24) is 24.9 Å². The molecule has 1 aliphatic rings. The lowest BCUT2D eigenvalue weighted by atomic mass is 10.1. The van der Waals surface area contributed by atoms with E-state index in [4.69, 9.17) is 9.84 Å². The van der Waals surface area contributed by atoms with E-state index in [2.05, 4.69) is 20.4 Å². The highest BCUT2D eigenvalue weighted by Gasteiger charge is 2.31. The van der Waals surface area contributed by atoms with Crippen molar-refractivity contribution in [3.8, 4) is 17.1 Å². The first-order valence-corrected chi connectivity index (χ1v) is 11.0. The minimum absolute atomic E-state index is 0.0319. The van der Waals surface area contributed by atoms with E-state index in [1.54, 1.807) is 54.0 Å². The van der Waals surface area contributed by atoms with Crippen LogP contribution in [0, 0.1) is 11.8 Å². The molecule has 1 saturated heterocycles. The minimum Gasteiger partial charge on any atom is -0.469 e. The molecule has 12 heteroatoms. The largest absolute Gasteiger partial charge is 0.469 e. The number of nitrogens with zero attached hydrogens (tertiary/aromatic N) is 5. The number of carbonyl (C=O) groups is 2. The fourth-order valence-corrected chi connectivity index (χ4v) is 4.12. The molecule has 4 heterocycles. The first-order chi connectivity index (χ1) is 17.3. The molecule has 10 nitrogen and oxygen atoms in total. The fourth-order valence-electron chi connectivity index (χ4n) is 4.12. The monoisotopic (exact) mass is 494 g/mol. The molecule has 1 fully saturated rings. The zero-order valence-corrected chi connectivity index (χ0v) is 18.9. The number of amides is 2. The molecule has 2 amide bonds. The number of benzene rings is 1. The summed E-state index contributed by atoms with van der Waals surface area (Å²) in [6, 6.07) is 11.0. The van der Waals surface area contributed by atoms with Crippen molar-refractivity contribution in [2.24, 2.45) is 0 Å². The van der Waals surface area contributed by atoms with E-state index in [0.29, 0.717) is 17.0 Å². The molecule has 3 aromatic heterocycles. The van der Waals surface area contributed by atoms with Gasteiger partial charge in [-0.15, -0.1) is 5.10 Å². The van der Waals surface area contributed by atoms with Crippen LogP contribution in [-0.4, -0.2) is 49.3 Å². The number of aromatic nitrogens is 4. The van der Waals surface area contributed by atoms with Crippen molar-refractivity contribution in [3.05, 3.63) is 72.2 Å². The number of pyridine rings is 1. The second-order valence-electron chi connectivity index (χ2n) is 8.28. The summed E-state index contributed by atoms with van der Waals surface area (Å²) in [5.74, 6) is -1.49. The lowest BCUT2D eigenvalue weighted by Gasteiger charge is -2.17. The Bertz CT molecular complexity index is 1460. The fraction of sp³-hybridized carbons (Fsp3) is 0.208. The molecule has 1 unspecified atom stereocenters. The molecule has 0 aliphatic carbocycles. The number of fused-ring (bicyclic) bond motifs is 1. The SMILES string of the molecule is CC(Oc1ccc2ncc(-c3ccc(N4C[C@@H](NC(=O)O)CC4=O)cc3)n2n1)c1cc(F)cnc1F. The highest BCUT2D eigenvalue weighted by Crippen LogP contribution is 2.28. The van der Waals surface area contributed by atoms with Gasteiger partial charge in [-0.2, -0.15) is 4.39 Å². The number of halogens is 2. The number of ether oxygens (including phenoxy) is 1. The van der Waals surface area contributed by atoms with Gasteiger partial charge in [-0.05, 0) is 31.2 Å². The molecule has 36 heavy (non-hydrogen) atoms. The van der Waals surface area contributed by atoms with E-state index < -0.39 is 30.0 Å². The van der Waals surface area contributed by atoms with E-state index in [9.17, 15) is 18.4 Å². The molecule has 5 rings (SSSR count). The van der Waals surface area contributed by atoms with Gasteiger partial charge in [0.15, 0.2) is 5.65 Å². The number of carboxylic acid groups (broad SMARTS) is 1. The highest BCUT2D eigenvalue weighted by atomic mass is 19.1. The number of carbonyl (C=O) groups excluding carboxylic acids is 1. The number of hydrogen-bond donors (Lipinski definition) is 2. The molecule has 2 N–H and O–H groups in total. The molecule has 184 valence electrons. The molecule has 1 aromatic carbocycles. The molecule has 0 saturated carbocycles. The zero-order chi connectivity index (χ0) is 25.4. The third-order valence-electron chi connectivity index (χ3n) is 5.83. The van der Waals surface area contributed by atoms with Crippen LogP contribution in [0.2, 0.25) is 0 Å². The summed E-state index contributed by atoms with van der Waals surface area (Å²) in [7, 11) is 0. The Hall–Kier alpha value is -4.61. The zero-order valence-electron chi connectivity index (χ0n) is 18.9. The van der Waals surface area contributed by atoms with E-state index in [1.165, 1.54) is 4.90 Å². The lowest BCUT2D eigenvalue weighted by Crippen LogP contribution is -2.36. The normalized spacial score (nSPS) is 16.4. The smallest absolute Gasteiger partial charge is 0.404 e. The second kappa shape index (κ2) is 9.21. The summed E-state index contributed by atoms with van der Waals surface area (Å²) in [4.78, 5) is 32.5. The van der Waals surface area contributed by atoms with Gasteiger partial charge >= 0.3 is 6.09 Å². The Morgan fingerprint density at radius 1 is 1.17 bits per heavy atom. The van der Waals surface area contributed by atoms with Crippen molar-refractivity contribution >= 4 is 23.3 Å². The summed E-state index contributed by atoms with van der Waals surface area (Å²) in [6.45, 7) is 1.82. The van der Waals surface area contributed by atoms with E-state index in [1.807, 2.05) is 0 Å². The molecule has 0 bridgehead atoms. The molecular weight excluding hydrogens is 474 g/mol. The number of imidazole rings is 1. The van der Waals surface area contributed by atoms with Gasteiger partial charge in [0, 0.05) is 30.3 Å². The Balaban J connectivity index is 1.37. The summed E-state index contributed by atoms with van der Waals surface area (Å²) < 4.78 is 34.8. The van der Waals surface area contributed by atoms with Crippen molar-refractivity contribution in [1.29, 1.82) is 0 Å². The third-order valence-corrected chi connectivity index (χ3v) is 5.83. The summed E-state index contributed by atoms with van der Waals surface area (Å²) in [5, 5.41) is 15.7. The Morgan fingerprint density at radius 2 is 1.94 bits per heavy atom. The number of hydrogen-bond acceptors (Lipinski definition) is 6. The van der Waals surface area contributed by atoms with Crippen LogP contribution in [0.1, 0.15) is 25.0 Å². The molecular formula is C24H20F2N6O4. The van der Waals surface area contributed by atoms with E-state index in [-0.39, 0.29) is 30.3 Å². The van der Waals surface area contributed by atoms with Gasteiger partial charge < -0.3 is 20.1 Å². The predicted molar refractivity (Wildman–Crippen MR) is 124 cm³/mol. The van der Waals surface area contributed by atoms with Crippen molar-refractivity contribution in [2.75, 3.05) is 11.4 Å². The maximum Gasteiger partial charge on any atom is 0.404 e. The van der Waals surface area contributed by atoms with Gasteiger partial charge in [0.05, 0.1) is 29.7 Å². The molecule has 0 radical (unpaired) electrons. The molecule has 2 atom stereocenters. The molecule has 0 spiro atoms. The number of anilines is 1. The maximum absolute atomic E-state index is 14.0. The topological polar surface area (TPSA) is 122 Å². The van der Waals surface area contributed by atoms with Crippen molar-refractivity contribution in [3.63, 3.8) is 0 Å². The van der Waals surface area contributed by atoms with Crippen LogP contribution in [0.5, 0.6) is 5.88 Å².